The normalized spacial score (nSPS) is 13.3. The number of fused-ring (bicyclic) bond motifs is 2. The van der Waals surface area contributed by atoms with Gasteiger partial charge in [0.05, 0.1) is 23.3 Å². The molecule has 4 rings (SSSR count). The molecule has 1 aliphatic heterocycles. The van der Waals surface area contributed by atoms with Gasteiger partial charge in [-0.05, 0) is 30.2 Å². The van der Waals surface area contributed by atoms with Gasteiger partial charge in [-0.2, -0.15) is 0 Å². The molecule has 0 bridgehead atoms. The van der Waals surface area contributed by atoms with Gasteiger partial charge in [0.25, 0.3) is 0 Å². The van der Waals surface area contributed by atoms with Gasteiger partial charge in [0.1, 0.15) is 5.01 Å². The Hall–Kier alpha value is -2.40. The summed E-state index contributed by atoms with van der Waals surface area (Å²) in [5.41, 5.74) is 3.53. The summed E-state index contributed by atoms with van der Waals surface area (Å²) in [4.78, 5) is 21.2. The van der Waals surface area contributed by atoms with E-state index >= 15 is 0 Å². The van der Waals surface area contributed by atoms with Crippen molar-refractivity contribution in [2.75, 3.05) is 25.0 Å². The van der Waals surface area contributed by atoms with Crippen LogP contribution in [-0.4, -0.2) is 35.9 Å². The standard InChI is InChI=1S/C19H19N3OS/c1-21(12-18-20-15-7-3-5-9-17(15)24-18)19(23)13-22-11-10-14-6-2-4-8-16(14)22/h2-9H,10-13H2,1H3. The van der Waals surface area contributed by atoms with Crippen LogP contribution in [-0.2, 0) is 17.8 Å². The summed E-state index contributed by atoms with van der Waals surface area (Å²) in [5.74, 6) is 0.131. The highest BCUT2D eigenvalue weighted by Crippen LogP contribution is 2.27. The van der Waals surface area contributed by atoms with Gasteiger partial charge in [-0.15, -0.1) is 11.3 Å². The summed E-state index contributed by atoms with van der Waals surface area (Å²) in [6, 6.07) is 16.4. The van der Waals surface area contributed by atoms with E-state index in [0.29, 0.717) is 13.1 Å². The number of hydrogen-bond donors (Lipinski definition) is 0. The molecule has 1 amide bonds. The van der Waals surface area contributed by atoms with E-state index in [0.717, 1.165) is 23.5 Å². The number of para-hydroxylation sites is 2. The number of likely N-dealkylation sites (N-methyl/N-ethyl adjacent to an activating group) is 1. The summed E-state index contributed by atoms with van der Waals surface area (Å²) in [6.07, 6.45) is 1.02. The van der Waals surface area contributed by atoms with Gasteiger partial charge in [0, 0.05) is 19.3 Å². The molecule has 0 radical (unpaired) electrons. The van der Waals surface area contributed by atoms with E-state index in [-0.39, 0.29) is 5.91 Å². The first-order chi connectivity index (χ1) is 11.7. The van der Waals surface area contributed by atoms with Crippen LogP contribution in [0, 0.1) is 0 Å². The molecule has 0 unspecified atom stereocenters. The van der Waals surface area contributed by atoms with Crippen molar-refractivity contribution in [3.05, 3.63) is 59.1 Å². The SMILES string of the molecule is CN(Cc1nc2ccccc2s1)C(=O)CN1CCc2ccccc21. The Morgan fingerprint density at radius 1 is 1.21 bits per heavy atom. The molecule has 0 atom stereocenters. The number of carbonyl (C=O) groups excluding carboxylic acids is 1. The molecule has 0 fully saturated rings. The van der Waals surface area contributed by atoms with Crippen LogP contribution in [0.2, 0.25) is 0 Å². The van der Waals surface area contributed by atoms with Crippen LogP contribution >= 0.6 is 11.3 Å². The largest absolute Gasteiger partial charge is 0.362 e. The number of benzene rings is 2. The van der Waals surface area contributed by atoms with Crippen molar-refractivity contribution in [1.82, 2.24) is 9.88 Å². The van der Waals surface area contributed by atoms with Crippen molar-refractivity contribution >= 4 is 33.1 Å². The van der Waals surface area contributed by atoms with Gasteiger partial charge < -0.3 is 9.80 Å². The van der Waals surface area contributed by atoms with Crippen molar-refractivity contribution in [2.24, 2.45) is 0 Å². The number of anilines is 1. The summed E-state index contributed by atoms with van der Waals surface area (Å²) in [5, 5.41) is 0.980. The van der Waals surface area contributed by atoms with Gasteiger partial charge in [0.15, 0.2) is 0 Å². The highest BCUT2D eigenvalue weighted by atomic mass is 32.1. The molecule has 5 heteroatoms. The number of hydrogen-bond acceptors (Lipinski definition) is 4. The quantitative estimate of drug-likeness (QED) is 0.733. The van der Waals surface area contributed by atoms with Crippen molar-refractivity contribution in [1.29, 1.82) is 0 Å². The number of thiazole rings is 1. The van der Waals surface area contributed by atoms with E-state index in [1.165, 1.54) is 16.0 Å². The molecule has 1 aromatic heterocycles. The topological polar surface area (TPSA) is 36.4 Å². The fourth-order valence-corrected chi connectivity index (χ4v) is 4.15. The van der Waals surface area contributed by atoms with E-state index in [1.54, 1.807) is 16.2 Å². The zero-order chi connectivity index (χ0) is 16.5. The van der Waals surface area contributed by atoms with Crippen molar-refractivity contribution in [3.63, 3.8) is 0 Å². The predicted octanol–water partition coefficient (Wildman–Crippen LogP) is 3.32. The summed E-state index contributed by atoms with van der Waals surface area (Å²) < 4.78 is 1.17. The van der Waals surface area contributed by atoms with Crippen LogP contribution in [0.25, 0.3) is 10.2 Å². The zero-order valence-corrected chi connectivity index (χ0v) is 14.4. The first-order valence-electron chi connectivity index (χ1n) is 8.12. The molecule has 1 aliphatic rings. The predicted molar refractivity (Wildman–Crippen MR) is 98.5 cm³/mol. The van der Waals surface area contributed by atoms with Crippen LogP contribution in [0.3, 0.4) is 0 Å². The van der Waals surface area contributed by atoms with E-state index in [1.807, 2.05) is 31.3 Å². The molecule has 0 spiro atoms. The number of nitrogens with zero attached hydrogens (tertiary/aromatic N) is 3. The molecular formula is C19H19N3OS. The first kappa shape index (κ1) is 15.1. The molecule has 122 valence electrons. The third-order valence-corrected chi connectivity index (χ3v) is 5.47. The lowest BCUT2D eigenvalue weighted by Gasteiger charge is -2.23. The molecule has 0 N–H and O–H groups in total. The molecule has 2 heterocycles. The van der Waals surface area contributed by atoms with Crippen LogP contribution in [0.15, 0.2) is 48.5 Å². The second-order valence-electron chi connectivity index (χ2n) is 6.13. The summed E-state index contributed by atoms with van der Waals surface area (Å²) >= 11 is 1.66. The second-order valence-corrected chi connectivity index (χ2v) is 7.24. The van der Waals surface area contributed by atoms with Crippen LogP contribution < -0.4 is 4.90 Å². The van der Waals surface area contributed by atoms with Crippen LogP contribution in [0.5, 0.6) is 0 Å². The fourth-order valence-electron chi connectivity index (χ4n) is 3.13. The Morgan fingerprint density at radius 2 is 2.00 bits per heavy atom. The van der Waals surface area contributed by atoms with E-state index in [9.17, 15) is 4.79 Å². The van der Waals surface area contributed by atoms with Gasteiger partial charge in [-0.25, -0.2) is 4.98 Å². The van der Waals surface area contributed by atoms with E-state index in [4.69, 9.17) is 0 Å². The zero-order valence-electron chi connectivity index (χ0n) is 13.6. The minimum Gasteiger partial charge on any atom is -0.362 e. The molecule has 4 nitrogen and oxygen atoms in total. The Morgan fingerprint density at radius 3 is 2.88 bits per heavy atom. The number of rotatable bonds is 4. The van der Waals surface area contributed by atoms with Crippen LogP contribution in [0.1, 0.15) is 10.6 Å². The van der Waals surface area contributed by atoms with Gasteiger partial charge in [0.2, 0.25) is 5.91 Å². The Bertz CT molecular complexity index is 856. The maximum atomic E-state index is 12.6. The molecular weight excluding hydrogens is 318 g/mol. The van der Waals surface area contributed by atoms with Crippen molar-refractivity contribution in [3.8, 4) is 0 Å². The van der Waals surface area contributed by atoms with Crippen LogP contribution in [0.4, 0.5) is 5.69 Å². The maximum absolute atomic E-state index is 12.6. The third-order valence-electron chi connectivity index (χ3n) is 4.45. The molecule has 3 aromatic rings. The van der Waals surface area contributed by atoms with Crippen molar-refractivity contribution < 1.29 is 4.79 Å². The lowest BCUT2D eigenvalue weighted by Crippen LogP contribution is -2.37. The minimum atomic E-state index is 0.131. The smallest absolute Gasteiger partial charge is 0.242 e. The van der Waals surface area contributed by atoms with Gasteiger partial charge in [-0.3, -0.25) is 4.79 Å². The first-order valence-corrected chi connectivity index (χ1v) is 8.93. The average molecular weight is 337 g/mol. The lowest BCUT2D eigenvalue weighted by atomic mass is 10.2. The molecule has 2 aromatic carbocycles. The maximum Gasteiger partial charge on any atom is 0.242 e. The summed E-state index contributed by atoms with van der Waals surface area (Å²) in [7, 11) is 1.86. The molecule has 0 aliphatic carbocycles. The number of carbonyl (C=O) groups is 1. The monoisotopic (exact) mass is 337 g/mol. The van der Waals surface area contributed by atoms with E-state index < -0.39 is 0 Å². The van der Waals surface area contributed by atoms with Gasteiger partial charge in [-0.1, -0.05) is 30.3 Å². The second kappa shape index (κ2) is 6.24. The Kier molecular flexibility index (Phi) is 3.94. The fraction of sp³-hybridized carbons (Fsp3) is 0.263. The highest BCUT2D eigenvalue weighted by Gasteiger charge is 2.22. The Balaban J connectivity index is 1.43. The van der Waals surface area contributed by atoms with E-state index in [2.05, 4.69) is 34.1 Å². The molecule has 0 saturated heterocycles. The Labute approximate surface area is 145 Å². The number of amides is 1. The minimum absolute atomic E-state index is 0.131. The average Bonchev–Trinajstić information content (AvgIpc) is 3.18. The molecule has 24 heavy (non-hydrogen) atoms. The number of aromatic nitrogens is 1. The van der Waals surface area contributed by atoms with Crippen molar-refractivity contribution in [2.45, 2.75) is 13.0 Å². The summed E-state index contributed by atoms with van der Waals surface area (Å²) in [6.45, 7) is 1.91. The van der Waals surface area contributed by atoms with Gasteiger partial charge >= 0.3 is 0 Å². The lowest BCUT2D eigenvalue weighted by molar-refractivity contribution is -0.128. The third kappa shape index (κ3) is 2.87. The molecule has 0 saturated carbocycles. The highest BCUT2D eigenvalue weighted by molar-refractivity contribution is 7.18.